The van der Waals surface area contributed by atoms with Crippen molar-refractivity contribution >= 4 is 27.4 Å². The van der Waals surface area contributed by atoms with E-state index >= 15 is 0 Å². The quantitative estimate of drug-likeness (QED) is 0.920. The summed E-state index contributed by atoms with van der Waals surface area (Å²) < 4.78 is 2.75. The number of nitrogens with one attached hydrogen (secondary N) is 1. The lowest BCUT2D eigenvalue weighted by Gasteiger charge is -2.21. The van der Waals surface area contributed by atoms with Gasteiger partial charge >= 0.3 is 0 Å². The van der Waals surface area contributed by atoms with E-state index in [-0.39, 0.29) is 0 Å². The van der Waals surface area contributed by atoms with Crippen LogP contribution < -0.4 is 5.32 Å². The summed E-state index contributed by atoms with van der Waals surface area (Å²) in [6.45, 7) is 6.19. The lowest BCUT2D eigenvalue weighted by Crippen LogP contribution is -2.31. The highest BCUT2D eigenvalue weighted by molar-refractivity contribution is 9.10. The summed E-state index contributed by atoms with van der Waals surface area (Å²) in [5.41, 5.74) is 0.852. The van der Waals surface area contributed by atoms with Crippen LogP contribution in [0, 0.1) is 0 Å². The standard InChI is InChI=1S/C12H18BrN5/c1-9(2)17(3)6-4-14-11-12-15-5-7-18(12)8-10(13)16-11/h5,7-9H,4,6H2,1-3H3,(H,14,16). The summed E-state index contributed by atoms with van der Waals surface area (Å²) in [6, 6.07) is 0.550. The van der Waals surface area contributed by atoms with Gasteiger partial charge in [-0.1, -0.05) is 0 Å². The van der Waals surface area contributed by atoms with E-state index in [9.17, 15) is 0 Å². The first-order valence-corrected chi connectivity index (χ1v) is 6.80. The van der Waals surface area contributed by atoms with E-state index in [1.165, 1.54) is 0 Å². The molecular weight excluding hydrogens is 294 g/mol. The fraction of sp³-hybridized carbons (Fsp3) is 0.500. The topological polar surface area (TPSA) is 45.5 Å². The van der Waals surface area contributed by atoms with Crippen molar-refractivity contribution in [3.05, 3.63) is 23.2 Å². The zero-order valence-corrected chi connectivity index (χ0v) is 12.5. The molecule has 0 saturated heterocycles. The maximum atomic E-state index is 4.42. The molecule has 2 heterocycles. The molecule has 0 aromatic carbocycles. The molecule has 5 nitrogen and oxygen atoms in total. The van der Waals surface area contributed by atoms with Gasteiger partial charge in [0.1, 0.15) is 4.60 Å². The lowest BCUT2D eigenvalue weighted by molar-refractivity contribution is 0.284. The minimum absolute atomic E-state index is 0.550. The molecule has 2 rings (SSSR count). The third-order valence-electron chi connectivity index (χ3n) is 2.98. The SMILES string of the molecule is CC(C)N(C)CCNc1nc(Br)cn2ccnc12. The van der Waals surface area contributed by atoms with E-state index in [1.54, 1.807) is 6.20 Å². The van der Waals surface area contributed by atoms with E-state index in [0.29, 0.717) is 6.04 Å². The second-order valence-electron chi connectivity index (χ2n) is 4.57. The minimum Gasteiger partial charge on any atom is -0.366 e. The fourth-order valence-electron chi connectivity index (χ4n) is 1.63. The molecule has 0 unspecified atom stereocenters. The zero-order chi connectivity index (χ0) is 13.1. The van der Waals surface area contributed by atoms with Crippen molar-refractivity contribution in [2.45, 2.75) is 19.9 Å². The summed E-state index contributed by atoms with van der Waals surface area (Å²) >= 11 is 3.40. The molecular formula is C12H18BrN5. The molecule has 6 heteroatoms. The normalized spacial score (nSPS) is 11.7. The molecule has 0 aliphatic rings. The van der Waals surface area contributed by atoms with E-state index in [4.69, 9.17) is 0 Å². The van der Waals surface area contributed by atoms with Gasteiger partial charge in [0.25, 0.3) is 0 Å². The molecule has 98 valence electrons. The fourth-order valence-corrected chi connectivity index (χ4v) is 2.03. The Morgan fingerprint density at radius 3 is 3.00 bits per heavy atom. The smallest absolute Gasteiger partial charge is 0.180 e. The highest BCUT2D eigenvalue weighted by Crippen LogP contribution is 2.16. The molecule has 0 radical (unpaired) electrons. The first kappa shape index (κ1) is 13.3. The van der Waals surface area contributed by atoms with Crippen LogP contribution >= 0.6 is 15.9 Å². The molecule has 2 aromatic heterocycles. The summed E-state index contributed by atoms with van der Waals surface area (Å²) in [5.74, 6) is 0.812. The largest absolute Gasteiger partial charge is 0.366 e. The van der Waals surface area contributed by atoms with Crippen molar-refractivity contribution in [3.8, 4) is 0 Å². The molecule has 18 heavy (non-hydrogen) atoms. The molecule has 0 bridgehead atoms. The average Bonchev–Trinajstić information content (AvgIpc) is 2.76. The van der Waals surface area contributed by atoms with Crippen LogP contribution in [-0.2, 0) is 0 Å². The first-order valence-electron chi connectivity index (χ1n) is 6.01. The highest BCUT2D eigenvalue weighted by Gasteiger charge is 2.07. The van der Waals surface area contributed by atoms with E-state index in [2.05, 4.69) is 57.0 Å². The van der Waals surface area contributed by atoms with Gasteiger partial charge in [0, 0.05) is 37.7 Å². The van der Waals surface area contributed by atoms with Crippen molar-refractivity contribution in [2.75, 3.05) is 25.5 Å². The lowest BCUT2D eigenvalue weighted by atomic mass is 10.3. The summed E-state index contributed by atoms with van der Waals surface area (Å²) in [7, 11) is 2.12. The Bertz CT molecular complexity index is 522. The number of imidazole rings is 1. The Morgan fingerprint density at radius 2 is 2.28 bits per heavy atom. The summed E-state index contributed by atoms with van der Waals surface area (Å²) in [4.78, 5) is 11.0. The molecule has 0 atom stereocenters. The molecule has 1 N–H and O–H groups in total. The number of aromatic nitrogens is 3. The van der Waals surface area contributed by atoms with Gasteiger partial charge in [0.2, 0.25) is 0 Å². The Kier molecular flexibility index (Phi) is 4.19. The third-order valence-corrected chi connectivity index (χ3v) is 3.37. The van der Waals surface area contributed by atoms with Crippen LogP contribution in [0.2, 0.25) is 0 Å². The van der Waals surface area contributed by atoms with E-state index in [0.717, 1.165) is 29.2 Å². The van der Waals surface area contributed by atoms with Gasteiger partial charge in [-0.3, -0.25) is 0 Å². The first-order chi connectivity index (χ1) is 8.58. The summed E-state index contributed by atoms with van der Waals surface area (Å²) in [6.07, 6.45) is 5.58. The average molecular weight is 312 g/mol. The van der Waals surface area contributed by atoms with Crippen LogP contribution in [-0.4, -0.2) is 45.4 Å². The van der Waals surface area contributed by atoms with Gasteiger partial charge in [0.05, 0.1) is 0 Å². The van der Waals surface area contributed by atoms with Gasteiger partial charge in [-0.05, 0) is 36.8 Å². The molecule has 2 aromatic rings. The second kappa shape index (κ2) is 5.67. The second-order valence-corrected chi connectivity index (χ2v) is 5.38. The van der Waals surface area contributed by atoms with E-state index < -0.39 is 0 Å². The van der Waals surface area contributed by atoms with Crippen LogP contribution in [0.4, 0.5) is 5.82 Å². The Labute approximate surface area is 115 Å². The van der Waals surface area contributed by atoms with Crippen molar-refractivity contribution in [1.29, 1.82) is 0 Å². The van der Waals surface area contributed by atoms with Crippen molar-refractivity contribution in [2.24, 2.45) is 0 Å². The van der Waals surface area contributed by atoms with Gasteiger partial charge in [-0.25, -0.2) is 9.97 Å². The summed E-state index contributed by atoms with van der Waals surface area (Å²) in [5, 5.41) is 3.33. The predicted molar refractivity (Wildman–Crippen MR) is 76.9 cm³/mol. The highest BCUT2D eigenvalue weighted by atomic mass is 79.9. The van der Waals surface area contributed by atoms with Crippen molar-refractivity contribution in [3.63, 3.8) is 0 Å². The molecule has 0 aliphatic heterocycles. The molecule has 0 fully saturated rings. The van der Waals surface area contributed by atoms with E-state index in [1.807, 2.05) is 16.8 Å². The molecule has 0 amide bonds. The number of rotatable bonds is 5. The van der Waals surface area contributed by atoms with Crippen LogP contribution in [0.5, 0.6) is 0 Å². The Morgan fingerprint density at radius 1 is 1.50 bits per heavy atom. The Hall–Kier alpha value is -1.14. The van der Waals surface area contributed by atoms with Gasteiger partial charge in [-0.2, -0.15) is 0 Å². The number of anilines is 1. The predicted octanol–water partition coefficient (Wildman–Crippen LogP) is 2.24. The third kappa shape index (κ3) is 3.00. The zero-order valence-electron chi connectivity index (χ0n) is 10.9. The minimum atomic E-state index is 0.550. The number of nitrogens with zero attached hydrogens (tertiary/aromatic N) is 4. The number of likely N-dealkylation sites (N-methyl/N-ethyl adjacent to an activating group) is 1. The van der Waals surface area contributed by atoms with Crippen molar-refractivity contribution < 1.29 is 0 Å². The van der Waals surface area contributed by atoms with Crippen LogP contribution in [0.3, 0.4) is 0 Å². The monoisotopic (exact) mass is 311 g/mol. The number of fused-ring (bicyclic) bond motifs is 1. The van der Waals surface area contributed by atoms with Gasteiger partial charge in [0.15, 0.2) is 11.5 Å². The Balaban J connectivity index is 2.05. The number of hydrogen-bond donors (Lipinski definition) is 1. The van der Waals surface area contributed by atoms with Crippen molar-refractivity contribution in [1.82, 2.24) is 19.3 Å². The number of hydrogen-bond acceptors (Lipinski definition) is 4. The molecule has 0 aliphatic carbocycles. The van der Waals surface area contributed by atoms with Crippen LogP contribution in [0.15, 0.2) is 23.2 Å². The van der Waals surface area contributed by atoms with Gasteiger partial charge < -0.3 is 14.6 Å². The molecule has 0 spiro atoms. The van der Waals surface area contributed by atoms with Crippen LogP contribution in [0.25, 0.3) is 5.65 Å². The maximum Gasteiger partial charge on any atom is 0.180 e. The molecule has 0 saturated carbocycles. The number of halogens is 1. The van der Waals surface area contributed by atoms with Gasteiger partial charge in [-0.15, -0.1) is 0 Å². The maximum absolute atomic E-state index is 4.42. The van der Waals surface area contributed by atoms with Crippen LogP contribution in [0.1, 0.15) is 13.8 Å².